The minimum Gasteiger partial charge on any atom is -0.356 e. The van der Waals surface area contributed by atoms with E-state index < -0.39 is 9.84 Å². The van der Waals surface area contributed by atoms with E-state index in [2.05, 4.69) is 22.5 Å². The number of nitrogens with zero attached hydrogens (tertiary/aromatic N) is 1. The van der Waals surface area contributed by atoms with Crippen LogP contribution >= 0.6 is 0 Å². The lowest BCUT2D eigenvalue weighted by Crippen LogP contribution is -2.44. The predicted molar refractivity (Wildman–Crippen MR) is 80.3 cm³/mol. The van der Waals surface area contributed by atoms with Crippen molar-refractivity contribution in [2.24, 2.45) is 10.4 Å². The highest BCUT2D eigenvalue weighted by atomic mass is 32.2. The number of hydrogen-bond donors (Lipinski definition) is 2. The Hall–Kier alpha value is -0.780. The molecule has 0 saturated heterocycles. The second-order valence-corrected chi connectivity index (χ2v) is 7.80. The number of sulfone groups is 1. The number of nitrogens with one attached hydrogen (secondary N) is 2. The van der Waals surface area contributed by atoms with Crippen LogP contribution in [0.4, 0.5) is 0 Å². The van der Waals surface area contributed by atoms with Crippen LogP contribution < -0.4 is 10.6 Å². The van der Waals surface area contributed by atoms with E-state index in [0.29, 0.717) is 17.9 Å². The zero-order valence-electron chi connectivity index (χ0n) is 12.3. The fourth-order valence-electron chi connectivity index (χ4n) is 2.63. The molecule has 0 aromatic carbocycles. The van der Waals surface area contributed by atoms with Crippen LogP contribution in [0.15, 0.2) is 4.99 Å². The summed E-state index contributed by atoms with van der Waals surface area (Å²) in [6.07, 6.45) is 7.61. The van der Waals surface area contributed by atoms with Gasteiger partial charge in [-0.2, -0.15) is 0 Å². The van der Waals surface area contributed by atoms with E-state index in [-0.39, 0.29) is 5.75 Å². The van der Waals surface area contributed by atoms with E-state index in [1.54, 1.807) is 7.05 Å². The molecule has 0 aromatic heterocycles. The summed E-state index contributed by atoms with van der Waals surface area (Å²) in [4.78, 5) is 4.13. The van der Waals surface area contributed by atoms with Crippen LogP contribution in [0, 0.1) is 5.41 Å². The van der Waals surface area contributed by atoms with E-state index in [4.69, 9.17) is 0 Å². The van der Waals surface area contributed by atoms with E-state index in [0.717, 1.165) is 6.54 Å². The van der Waals surface area contributed by atoms with Gasteiger partial charge in [0.15, 0.2) is 5.96 Å². The smallest absolute Gasteiger partial charge is 0.191 e. The van der Waals surface area contributed by atoms with Crippen LogP contribution in [0.1, 0.15) is 39.0 Å². The van der Waals surface area contributed by atoms with Gasteiger partial charge < -0.3 is 10.6 Å². The van der Waals surface area contributed by atoms with Crippen molar-refractivity contribution in [2.75, 3.05) is 32.1 Å². The molecule has 0 aliphatic heterocycles. The lowest BCUT2D eigenvalue weighted by Gasteiger charge is -2.28. The maximum atomic E-state index is 11.1. The van der Waals surface area contributed by atoms with Crippen molar-refractivity contribution in [1.29, 1.82) is 0 Å². The Kier molecular flexibility index (Phi) is 6.10. The monoisotopic (exact) mass is 289 g/mol. The zero-order chi connectivity index (χ0) is 14.4. The third-order valence-corrected chi connectivity index (χ3v) is 4.98. The van der Waals surface area contributed by atoms with E-state index in [1.165, 1.54) is 38.4 Å². The molecule has 1 aliphatic carbocycles. The summed E-state index contributed by atoms with van der Waals surface area (Å²) in [7, 11) is -1.21. The first-order valence-electron chi connectivity index (χ1n) is 7.03. The molecule has 0 heterocycles. The molecule has 0 unspecified atom stereocenters. The van der Waals surface area contributed by atoms with Gasteiger partial charge in [0.25, 0.3) is 0 Å². The normalized spacial score (nSPS) is 19.4. The Labute approximate surface area is 117 Å². The quantitative estimate of drug-likeness (QED) is 0.569. The molecule has 0 bridgehead atoms. The van der Waals surface area contributed by atoms with Crippen LogP contribution in [0.25, 0.3) is 0 Å². The Morgan fingerprint density at radius 3 is 2.37 bits per heavy atom. The molecule has 6 heteroatoms. The summed E-state index contributed by atoms with van der Waals surface area (Å²) < 4.78 is 22.1. The zero-order valence-corrected chi connectivity index (χ0v) is 13.1. The van der Waals surface area contributed by atoms with Crippen molar-refractivity contribution in [3.05, 3.63) is 0 Å². The van der Waals surface area contributed by atoms with Gasteiger partial charge in [-0.25, -0.2) is 8.42 Å². The van der Waals surface area contributed by atoms with E-state index in [9.17, 15) is 8.42 Å². The molecule has 112 valence electrons. The standard InChI is InChI=1S/C13H27N3O2S/c1-4-13(7-5-6-8-13)11-16-12(14-2)15-9-10-19(3,17)18/h4-11H2,1-3H3,(H2,14,15,16). The summed E-state index contributed by atoms with van der Waals surface area (Å²) in [6.45, 7) is 3.56. The van der Waals surface area contributed by atoms with Gasteiger partial charge in [-0.15, -0.1) is 0 Å². The van der Waals surface area contributed by atoms with Gasteiger partial charge in [-0.1, -0.05) is 19.8 Å². The summed E-state index contributed by atoms with van der Waals surface area (Å²) in [6, 6.07) is 0. The number of aliphatic imine (C=N–C) groups is 1. The van der Waals surface area contributed by atoms with E-state index in [1.807, 2.05) is 0 Å². The largest absolute Gasteiger partial charge is 0.356 e. The topological polar surface area (TPSA) is 70.6 Å². The summed E-state index contributed by atoms with van der Waals surface area (Å²) >= 11 is 0. The first kappa shape index (κ1) is 16.3. The van der Waals surface area contributed by atoms with Crippen LogP contribution in [0.5, 0.6) is 0 Å². The van der Waals surface area contributed by atoms with Crippen molar-refractivity contribution >= 4 is 15.8 Å². The number of guanidine groups is 1. The molecule has 5 nitrogen and oxygen atoms in total. The maximum absolute atomic E-state index is 11.1. The Bertz CT molecular complexity index is 398. The molecule has 1 fully saturated rings. The van der Waals surface area contributed by atoms with Gasteiger partial charge in [-0.05, 0) is 24.7 Å². The molecule has 2 N–H and O–H groups in total. The average molecular weight is 289 g/mol. The van der Waals surface area contributed by atoms with Crippen LogP contribution in [-0.2, 0) is 9.84 Å². The highest BCUT2D eigenvalue weighted by Gasteiger charge is 2.31. The summed E-state index contributed by atoms with van der Waals surface area (Å²) in [5.41, 5.74) is 0.397. The minimum absolute atomic E-state index is 0.132. The van der Waals surface area contributed by atoms with Crippen LogP contribution in [0.2, 0.25) is 0 Å². The lowest BCUT2D eigenvalue weighted by molar-refractivity contribution is 0.283. The molecule has 0 radical (unpaired) electrons. The Morgan fingerprint density at radius 2 is 1.89 bits per heavy atom. The maximum Gasteiger partial charge on any atom is 0.191 e. The van der Waals surface area contributed by atoms with E-state index >= 15 is 0 Å². The second-order valence-electron chi connectivity index (χ2n) is 5.54. The van der Waals surface area contributed by atoms with Gasteiger partial charge in [0.1, 0.15) is 9.84 Å². The van der Waals surface area contributed by atoms with Gasteiger partial charge in [0.2, 0.25) is 0 Å². The van der Waals surface area contributed by atoms with Crippen molar-refractivity contribution in [3.8, 4) is 0 Å². The van der Waals surface area contributed by atoms with Crippen LogP contribution in [-0.4, -0.2) is 46.5 Å². The minimum atomic E-state index is -2.92. The summed E-state index contributed by atoms with van der Waals surface area (Å²) in [5.74, 6) is 0.829. The van der Waals surface area contributed by atoms with Gasteiger partial charge in [0.05, 0.1) is 5.75 Å². The number of hydrogen-bond acceptors (Lipinski definition) is 3. The molecule has 0 atom stereocenters. The third-order valence-electron chi connectivity index (χ3n) is 4.03. The fraction of sp³-hybridized carbons (Fsp3) is 0.923. The lowest BCUT2D eigenvalue weighted by atomic mass is 9.83. The molecule has 1 aliphatic rings. The van der Waals surface area contributed by atoms with Gasteiger partial charge in [-0.3, -0.25) is 4.99 Å². The van der Waals surface area contributed by atoms with Gasteiger partial charge in [0, 0.05) is 26.4 Å². The highest BCUT2D eigenvalue weighted by molar-refractivity contribution is 7.90. The highest BCUT2D eigenvalue weighted by Crippen LogP contribution is 2.40. The molecule has 1 rings (SSSR count). The van der Waals surface area contributed by atoms with Crippen molar-refractivity contribution < 1.29 is 8.42 Å². The molecule has 1 saturated carbocycles. The third kappa shape index (κ3) is 5.80. The molecule has 0 spiro atoms. The number of rotatable bonds is 6. The molecule has 0 amide bonds. The van der Waals surface area contributed by atoms with Crippen molar-refractivity contribution in [1.82, 2.24) is 10.6 Å². The first-order valence-corrected chi connectivity index (χ1v) is 9.09. The van der Waals surface area contributed by atoms with Crippen molar-refractivity contribution in [3.63, 3.8) is 0 Å². The summed E-state index contributed by atoms with van der Waals surface area (Å²) in [5, 5.41) is 6.38. The van der Waals surface area contributed by atoms with Crippen LogP contribution in [0.3, 0.4) is 0 Å². The molecule has 19 heavy (non-hydrogen) atoms. The second kappa shape index (κ2) is 7.12. The first-order chi connectivity index (χ1) is 8.91. The molecular formula is C13H27N3O2S. The predicted octanol–water partition coefficient (Wildman–Crippen LogP) is 1.17. The van der Waals surface area contributed by atoms with Crippen molar-refractivity contribution in [2.45, 2.75) is 39.0 Å². The fourth-order valence-corrected chi connectivity index (χ4v) is 3.10. The SMILES string of the molecule is CCC1(CNC(=NC)NCCS(C)(=O)=O)CCCC1. The molecule has 0 aromatic rings. The Balaban J connectivity index is 2.37. The molecular weight excluding hydrogens is 262 g/mol. The van der Waals surface area contributed by atoms with Gasteiger partial charge >= 0.3 is 0 Å². The Morgan fingerprint density at radius 1 is 1.26 bits per heavy atom. The average Bonchev–Trinajstić information content (AvgIpc) is 2.81.